The van der Waals surface area contributed by atoms with Crippen LogP contribution < -0.4 is 9.47 Å². The Hall–Kier alpha value is -3.26. The Morgan fingerprint density at radius 3 is 2.03 bits per heavy atom. The average molecular weight is 378 g/mol. The zero-order valence-electron chi connectivity index (χ0n) is 16.7. The molecule has 6 rings (SSSR count). The van der Waals surface area contributed by atoms with Crippen LogP contribution in [0.5, 0.6) is 11.5 Å². The van der Waals surface area contributed by atoms with E-state index in [0.29, 0.717) is 0 Å². The van der Waals surface area contributed by atoms with E-state index >= 15 is 0 Å². The van der Waals surface area contributed by atoms with Gasteiger partial charge in [-0.25, -0.2) is 0 Å². The second-order valence-electron chi connectivity index (χ2n) is 8.10. The fourth-order valence-corrected chi connectivity index (χ4v) is 5.21. The molecule has 0 N–H and O–H groups in total. The molecule has 0 heterocycles. The second kappa shape index (κ2) is 6.12. The van der Waals surface area contributed by atoms with Gasteiger partial charge >= 0.3 is 0 Å². The molecule has 4 aromatic rings. The maximum absolute atomic E-state index is 5.67. The van der Waals surface area contributed by atoms with Crippen molar-refractivity contribution in [1.82, 2.24) is 0 Å². The molecular weight excluding hydrogens is 356 g/mol. The smallest absolute Gasteiger partial charge is 0.119 e. The van der Waals surface area contributed by atoms with E-state index < -0.39 is 0 Å². The quantitative estimate of drug-likeness (QED) is 0.372. The third-order valence-corrected chi connectivity index (χ3v) is 6.54. The number of fused-ring (bicyclic) bond motifs is 1. The summed E-state index contributed by atoms with van der Waals surface area (Å²) in [5, 5.41) is 2.74. The van der Waals surface area contributed by atoms with Gasteiger partial charge in [0.05, 0.1) is 14.2 Å². The van der Waals surface area contributed by atoms with Crippen molar-refractivity contribution in [1.29, 1.82) is 0 Å². The molecular formula is C27H22O2. The van der Waals surface area contributed by atoms with Crippen LogP contribution in [0.3, 0.4) is 0 Å². The van der Waals surface area contributed by atoms with Crippen molar-refractivity contribution in [3.8, 4) is 22.6 Å². The normalized spacial score (nSPS) is 13.4. The van der Waals surface area contributed by atoms with Crippen LogP contribution in [0.25, 0.3) is 21.9 Å². The molecule has 2 nitrogen and oxygen atoms in total. The fraction of sp³-hybridized carbons (Fsp3) is 0.185. The van der Waals surface area contributed by atoms with Crippen molar-refractivity contribution in [3.05, 3.63) is 94.0 Å². The van der Waals surface area contributed by atoms with Crippen LogP contribution in [-0.4, -0.2) is 14.2 Å². The van der Waals surface area contributed by atoms with E-state index in [4.69, 9.17) is 9.47 Å². The van der Waals surface area contributed by atoms with Gasteiger partial charge in [0, 0.05) is 0 Å². The maximum Gasteiger partial charge on any atom is 0.119 e. The first-order valence-corrected chi connectivity index (χ1v) is 10.1. The van der Waals surface area contributed by atoms with E-state index in [2.05, 4.69) is 60.7 Å². The van der Waals surface area contributed by atoms with Gasteiger partial charge in [-0.3, -0.25) is 0 Å². The SMILES string of the molecule is COc1ccc2c(c1)Cc1cc(OC)cc3c1-c1c(ccc4cccc(c14)C2)C3. The summed E-state index contributed by atoms with van der Waals surface area (Å²) in [6, 6.07) is 22.3. The van der Waals surface area contributed by atoms with Gasteiger partial charge in [-0.05, 0) is 98.8 Å². The lowest BCUT2D eigenvalue weighted by Crippen LogP contribution is -2.00. The molecule has 0 spiro atoms. The Balaban J connectivity index is 1.75. The Bertz CT molecular complexity index is 1300. The Morgan fingerprint density at radius 1 is 0.552 bits per heavy atom. The maximum atomic E-state index is 5.67. The predicted octanol–water partition coefficient (Wildman–Crippen LogP) is 5.92. The largest absolute Gasteiger partial charge is 0.497 e. The van der Waals surface area contributed by atoms with Gasteiger partial charge < -0.3 is 9.47 Å². The lowest BCUT2D eigenvalue weighted by Gasteiger charge is -2.14. The summed E-state index contributed by atoms with van der Waals surface area (Å²) >= 11 is 0. The molecule has 29 heavy (non-hydrogen) atoms. The second-order valence-corrected chi connectivity index (χ2v) is 8.10. The Morgan fingerprint density at radius 2 is 1.24 bits per heavy atom. The summed E-state index contributed by atoms with van der Waals surface area (Å²) in [4.78, 5) is 0. The van der Waals surface area contributed by atoms with Gasteiger partial charge in [0.25, 0.3) is 0 Å². The zero-order valence-corrected chi connectivity index (χ0v) is 16.7. The molecule has 0 aromatic heterocycles. The third-order valence-electron chi connectivity index (χ3n) is 6.54. The number of rotatable bonds is 2. The Labute approximate surface area is 170 Å². The highest BCUT2D eigenvalue weighted by Gasteiger charge is 2.27. The highest BCUT2D eigenvalue weighted by atomic mass is 16.5. The predicted molar refractivity (Wildman–Crippen MR) is 117 cm³/mol. The van der Waals surface area contributed by atoms with Crippen LogP contribution >= 0.6 is 0 Å². The topological polar surface area (TPSA) is 18.5 Å². The summed E-state index contributed by atoms with van der Waals surface area (Å²) < 4.78 is 11.2. The summed E-state index contributed by atoms with van der Waals surface area (Å²) in [5.74, 6) is 1.86. The number of methoxy groups -OCH3 is 2. The number of hydrogen-bond acceptors (Lipinski definition) is 2. The molecule has 0 saturated carbocycles. The first-order valence-electron chi connectivity index (χ1n) is 10.1. The minimum Gasteiger partial charge on any atom is -0.497 e. The van der Waals surface area contributed by atoms with Crippen molar-refractivity contribution in [2.24, 2.45) is 0 Å². The van der Waals surface area contributed by atoms with E-state index in [1.54, 1.807) is 14.2 Å². The van der Waals surface area contributed by atoms with Crippen LogP contribution in [0.4, 0.5) is 0 Å². The molecule has 0 saturated heterocycles. The minimum atomic E-state index is 0.885. The van der Waals surface area contributed by atoms with Gasteiger partial charge in [-0.15, -0.1) is 0 Å². The van der Waals surface area contributed by atoms with Gasteiger partial charge in [0.15, 0.2) is 0 Å². The molecule has 4 aromatic carbocycles. The van der Waals surface area contributed by atoms with Crippen LogP contribution in [0.2, 0.25) is 0 Å². The highest BCUT2D eigenvalue weighted by molar-refractivity contribution is 6.04. The fourth-order valence-electron chi connectivity index (χ4n) is 5.21. The van der Waals surface area contributed by atoms with Crippen LogP contribution in [0.1, 0.15) is 33.4 Å². The lowest BCUT2D eigenvalue weighted by atomic mass is 9.91. The molecule has 142 valence electrons. The van der Waals surface area contributed by atoms with E-state index in [1.165, 1.54) is 55.3 Å². The summed E-state index contributed by atoms with van der Waals surface area (Å²) in [6.45, 7) is 0. The van der Waals surface area contributed by atoms with E-state index in [1.807, 2.05) is 0 Å². The van der Waals surface area contributed by atoms with E-state index in [-0.39, 0.29) is 0 Å². The molecule has 2 aliphatic rings. The summed E-state index contributed by atoms with van der Waals surface area (Å²) in [7, 11) is 3.50. The van der Waals surface area contributed by atoms with Gasteiger partial charge in [0.2, 0.25) is 0 Å². The van der Waals surface area contributed by atoms with Crippen LogP contribution in [0, 0.1) is 0 Å². The molecule has 2 aliphatic carbocycles. The molecule has 0 bridgehead atoms. The van der Waals surface area contributed by atoms with Crippen LogP contribution in [0.15, 0.2) is 60.7 Å². The molecule has 0 aliphatic heterocycles. The van der Waals surface area contributed by atoms with Gasteiger partial charge in [0.1, 0.15) is 11.5 Å². The molecule has 0 radical (unpaired) electrons. The van der Waals surface area contributed by atoms with Gasteiger partial charge in [-0.1, -0.05) is 36.4 Å². The summed E-state index contributed by atoms with van der Waals surface area (Å²) in [5.41, 5.74) is 11.1. The standard InChI is InChI=1S/C27H22O2/c1-28-23-9-8-17-10-18-5-3-4-16-6-7-19-11-21-14-24(29-2)15-22(12-20(17)13-23)26(21)27(19)25(16)18/h3-9,13-15H,10-12H2,1-2H3. The first-order chi connectivity index (χ1) is 14.2. The van der Waals surface area contributed by atoms with Crippen molar-refractivity contribution < 1.29 is 9.47 Å². The van der Waals surface area contributed by atoms with Crippen molar-refractivity contribution in [3.63, 3.8) is 0 Å². The highest BCUT2D eigenvalue weighted by Crippen LogP contribution is 2.47. The minimum absolute atomic E-state index is 0.885. The molecule has 0 atom stereocenters. The third kappa shape index (κ3) is 2.42. The number of ether oxygens (including phenoxy) is 2. The van der Waals surface area contributed by atoms with E-state index in [9.17, 15) is 0 Å². The van der Waals surface area contributed by atoms with Crippen molar-refractivity contribution in [2.45, 2.75) is 19.3 Å². The Kier molecular flexibility index (Phi) is 3.52. The zero-order chi connectivity index (χ0) is 19.5. The molecule has 2 heteroatoms. The molecule has 0 amide bonds. The number of benzene rings is 4. The molecule has 0 unspecified atom stereocenters. The average Bonchev–Trinajstić information content (AvgIpc) is 3.15. The first kappa shape index (κ1) is 16.7. The van der Waals surface area contributed by atoms with Crippen molar-refractivity contribution in [2.75, 3.05) is 14.2 Å². The summed E-state index contributed by atoms with van der Waals surface area (Å²) in [6.07, 6.45) is 2.80. The monoisotopic (exact) mass is 378 g/mol. The number of hydrogen-bond donors (Lipinski definition) is 0. The lowest BCUT2D eigenvalue weighted by molar-refractivity contribution is 0.413. The van der Waals surface area contributed by atoms with E-state index in [0.717, 1.165) is 30.8 Å². The van der Waals surface area contributed by atoms with Crippen LogP contribution in [-0.2, 0) is 19.3 Å². The van der Waals surface area contributed by atoms with Gasteiger partial charge in [-0.2, -0.15) is 0 Å². The van der Waals surface area contributed by atoms with Crippen molar-refractivity contribution >= 4 is 10.8 Å². The molecule has 0 fully saturated rings.